The summed E-state index contributed by atoms with van der Waals surface area (Å²) in [5, 5.41) is 6.94. The summed E-state index contributed by atoms with van der Waals surface area (Å²) in [4.78, 5) is 37.0. The summed E-state index contributed by atoms with van der Waals surface area (Å²) in [5.74, 6) is 0.734. The number of rotatable bonds is 9. The van der Waals surface area contributed by atoms with Gasteiger partial charge in [-0.1, -0.05) is 12.1 Å². The number of hydrogen-bond acceptors (Lipinski definition) is 6. The molecule has 0 saturated carbocycles. The number of anilines is 1. The summed E-state index contributed by atoms with van der Waals surface area (Å²) in [6.07, 6.45) is 5.86. The van der Waals surface area contributed by atoms with Crippen molar-refractivity contribution >= 4 is 22.6 Å². The zero-order chi connectivity index (χ0) is 23.2. The molecule has 4 rings (SSSR count). The molecule has 0 aliphatic rings. The molecule has 9 heteroatoms. The molecule has 4 aromatic rings. The number of hydrogen-bond donors (Lipinski definition) is 3. The number of carbonyl (C=O) groups excluding carboxylic acids is 1. The summed E-state index contributed by atoms with van der Waals surface area (Å²) in [6, 6.07) is 11.6. The first kappa shape index (κ1) is 22.1. The van der Waals surface area contributed by atoms with Gasteiger partial charge in [0, 0.05) is 30.0 Å². The number of nitrogens with zero attached hydrogens (tertiary/aromatic N) is 3. The van der Waals surface area contributed by atoms with Gasteiger partial charge in [0.05, 0.1) is 31.1 Å². The minimum atomic E-state index is -0.331. The summed E-state index contributed by atoms with van der Waals surface area (Å²) in [6.45, 7) is 2.47. The number of ether oxygens (including phenoxy) is 1. The molecular weight excluding hydrogens is 420 g/mol. The van der Waals surface area contributed by atoms with Crippen LogP contribution in [0.3, 0.4) is 0 Å². The molecule has 0 aliphatic carbocycles. The maximum atomic E-state index is 12.9. The molecule has 0 unspecified atom stereocenters. The predicted octanol–water partition coefficient (Wildman–Crippen LogP) is 2.41. The normalized spacial score (nSPS) is 10.8. The van der Waals surface area contributed by atoms with E-state index in [2.05, 4.69) is 25.6 Å². The van der Waals surface area contributed by atoms with Gasteiger partial charge in [0.25, 0.3) is 5.56 Å². The van der Waals surface area contributed by atoms with Crippen molar-refractivity contribution in [2.24, 2.45) is 0 Å². The van der Waals surface area contributed by atoms with Crippen molar-refractivity contribution in [1.82, 2.24) is 24.8 Å². The molecule has 1 aromatic carbocycles. The number of methoxy groups -OCH3 is 1. The Morgan fingerprint density at radius 3 is 2.91 bits per heavy atom. The Balaban J connectivity index is 1.36. The highest BCUT2D eigenvalue weighted by atomic mass is 16.5. The van der Waals surface area contributed by atoms with Crippen LogP contribution in [-0.4, -0.2) is 39.1 Å². The third kappa shape index (κ3) is 5.38. The first-order valence-electron chi connectivity index (χ1n) is 10.7. The Bertz CT molecular complexity index is 1330. The minimum Gasteiger partial charge on any atom is -0.497 e. The lowest BCUT2D eigenvalue weighted by molar-refractivity contribution is -0.121. The average molecular weight is 447 g/mol. The van der Waals surface area contributed by atoms with Crippen LogP contribution < -0.4 is 20.9 Å². The lowest BCUT2D eigenvalue weighted by atomic mass is 10.1. The van der Waals surface area contributed by atoms with Crippen molar-refractivity contribution in [2.45, 2.75) is 26.4 Å². The number of carbonyl (C=O) groups is 1. The molecule has 0 atom stereocenters. The van der Waals surface area contributed by atoms with E-state index in [1.807, 2.05) is 42.6 Å². The van der Waals surface area contributed by atoms with Crippen molar-refractivity contribution in [2.75, 3.05) is 19.0 Å². The third-order valence-electron chi connectivity index (χ3n) is 5.36. The van der Waals surface area contributed by atoms with E-state index in [1.54, 1.807) is 26.4 Å². The first-order valence-corrected chi connectivity index (χ1v) is 10.7. The van der Waals surface area contributed by atoms with Gasteiger partial charge in [-0.15, -0.1) is 0 Å². The van der Waals surface area contributed by atoms with Crippen molar-refractivity contribution in [3.63, 3.8) is 0 Å². The van der Waals surface area contributed by atoms with Gasteiger partial charge in [0.15, 0.2) is 5.82 Å². The molecule has 170 valence electrons. The molecule has 0 radical (unpaired) electrons. The second kappa shape index (κ2) is 9.99. The van der Waals surface area contributed by atoms with E-state index in [1.165, 1.54) is 4.57 Å². The fourth-order valence-electron chi connectivity index (χ4n) is 3.52. The fraction of sp³-hybridized carbons (Fsp3) is 0.250. The van der Waals surface area contributed by atoms with E-state index in [4.69, 9.17) is 4.74 Å². The number of aryl methyl sites for hydroxylation is 1. The lowest BCUT2D eigenvalue weighted by Crippen LogP contribution is -2.34. The van der Waals surface area contributed by atoms with E-state index in [9.17, 15) is 9.59 Å². The second-order valence-electron chi connectivity index (χ2n) is 7.69. The summed E-state index contributed by atoms with van der Waals surface area (Å²) in [7, 11) is 1.63. The highest BCUT2D eigenvalue weighted by Crippen LogP contribution is 2.13. The predicted molar refractivity (Wildman–Crippen MR) is 126 cm³/mol. The molecular formula is C24H26N6O3. The average Bonchev–Trinajstić information content (AvgIpc) is 3.30. The number of amides is 1. The highest BCUT2D eigenvalue weighted by Gasteiger charge is 2.12. The van der Waals surface area contributed by atoms with Crippen LogP contribution >= 0.6 is 0 Å². The van der Waals surface area contributed by atoms with Crippen LogP contribution in [0, 0.1) is 6.92 Å². The molecule has 9 nitrogen and oxygen atoms in total. The monoisotopic (exact) mass is 446 g/mol. The molecule has 3 heterocycles. The Kier molecular flexibility index (Phi) is 6.68. The molecule has 1 amide bonds. The van der Waals surface area contributed by atoms with Crippen LogP contribution in [-0.2, 0) is 24.3 Å². The molecule has 0 aliphatic heterocycles. The Hall–Kier alpha value is -4.14. The van der Waals surface area contributed by atoms with Crippen molar-refractivity contribution < 1.29 is 9.53 Å². The zero-order valence-electron chi connectivity index (χ0n) is 18.6. The molecule has 3 aromatic heterocycles. The summed E-state index contributed by atoms with van der Waals surface area (Å²) in [5.41, 5.74) is 3.05. The zero-order valence-corrected chi connectivity index (χ0v) is 18.6. The molecule has 0 saturated heterocycles. The van der Waals surface area contributed by atoms with E-state index in [-0.39, 0.29) is 30.4 Å². The van der Waals surface area contributed by atoms with Crippen molar-refractivity contribution in [3.8, 4) is 5.75 Å². The smallest absolute Gasteiger partial charge is 0.293 e. The van der Waals surface area contributed by atoms with Gasteiger partial charge in [0.1, 0.15) is 12.3 Å². The van der Waals surface area contributed by atoms with Crippen LogP contribution in [0.25, 0.3) is 10.9 Å². The van der Waals surface area contributed by atoms with Gasteiger partial charge in [-0.3, -0.25) is 19.1 Å². The Labute approximate surface area is 190 Å². The van der Waals surface area contributed by atoms with E-state index in [0.29, 0.717) is 18.7 Å². The first-order chi connectivity index (χ1) is 16.0. The molecule has 0 fully saturated rings. The van der Waals surface area contributed by atoms with Crippen LogP contribution in [0.4, 0.5) is 5.82 Å². The largest absolute Gasteiger partial charge is 0.497 e. The molecule has 0 spiro atoms. The van der Waals surface area contributed by atoms with Crippen LogP contribution in [0.15, 0.2) is 59.8 Å². The van der Waals surface area contributed by atoms with E-state index >= 15 is 0 Å². The topological polar surface area (TPSA) is 114 Å². The third-order valence-corrected chi connectivity index (χ3v) is 5.36. The number of fused-ring (bicyclic) bond motifs is 1. The number of pyridine rings is 1. The minimum absolute atomic E-state index is 0.0931. The van der Waals surface area contributed by atoms with E-state index in [0.717, 1.165) is 27.9 Å². The molecule has 33 heavy (non-hydrogen) atoms. The maximum absolute atomic E-state index is 12.9. The Morgan fingerprint density at radius 2 is 2.06 bits per heavy atom. The van der Waals surface area contributed by atoms with Crippen molar-refractivity contribution in [3.05, 3.63) is 82.3 Å². The number of aromatic amines is 1. The quantitative estimate of drug-likeness (QED) is 0.364. The number of H-pyrrole nitrogens is 1. The standard InChI is InChI=1S/C24H26N6O3/c1-16-12-29-23(26-8-6-17-4-3-5-20(10-17)33-2)24(32)30(16)15-22(31)28-13-19-11-18-7-9-25-21(18)14-27-19/h3-5,7,9-12,14,25H,6,8,13,15H2,1-2H3,(H,26,29)(H,28,31). The maximum Gasteiger partial charge on any atom is 0.293 e. The number of benzene rings is 1. The summed E-state index contributed by atoms with van der Waals surface area (Å²) < 4.78 is 6.65. The van der Waals surface area contributed by atoms with Gasteiger partial charge in [-0.2, -0.15) is 0 Å². The molecule has 3 N–H and O–H groups in total. The van der Waals surface area contributed by atoms with Gasteiger partial charge in [-0.05, 0) is 43.2 Å². The highest BCUT2D eigenvalue weighted by molar-refractivity contribution is 5.79. The van der Waals surface area contributed by atoms with E-state index < -0.39 is 0 Å². The SMILES string of the molecule is COc1cccc(CCNc2ncc(C)n(CC(=O)NCc3cc4cc[nH]c4cn3)c2=O)c1. The van der Waals surface area contributed by atoms with Crippen LogP contribution in [0.2, 0.25) is 0 Å². The van der Waals surface area contributed by atoms with Gasteiger partial charge < -0.3 is 20.4 Å². The second-order valence-corrected chi connectivity index (χ2v) is 7.69. The summed E-state index contributed by atoms with van der Waals surface area (Å²) >= 11 is 0. The van der Waals surface area contributed by atoms with Gasteiger partial charge in [-0.25, -0.2) is 4.98 Å². The van der Waals surface area contributed by atoms with Crippen LogP contribution in [0.1, 0.15) is 17.0 Å². The number of aromatic nitrogens is 4. The fourth-order valence-corrected chi connectivity index (χ4v) is 3.52. The van der Waals surface area contributed by atoms with Gasteiger partial charge >= 0.3 is 0 Å². The molecule has 0 bridgehead atoms. The number of nitrogens with one attached hydrogen (secondary N) is 3. The van der Waals surface area contributed by atoms with Gasteiger partial charge in [0.2, 0.25) is 5.91 Å². The lowest BCUT2D eigenvalue weighted by Gasteiger charge is -2.13. The Morgan fingerprint density at radius 1 is 1.18 bits per heavy atom. The van der Waals surface area contributed by atoms with Crippen molar-refractivity contribution in [1.29, 1.82) is 0 Å². The van der Waals surface area contributed by atoms with Crippen LogP contribution in [0.5, 0.6) is 5.75 Å².